The van der Waals surface area contributed by atoms with Crippen molar-refractivity contribution in [3.63, 3.8) is 0 Å². The Bertz CT molecular complexity index is 1120. The third-order valence-electron chi connectivity index (χ3n) is 5.48. The zero-order valence-corrected chi connectivity index (χ0v) is 22.2. The summed E-state index contributed by atoms with van der Waals surface area (Å²) in [5, 5.41) is 3.04. The molecular weight excluding hydrogens is 497 g/mol. The molecule has 1 N–H and O–H groups in total. The van der Waals surface area contributed by atoms with Crippen molar-refractivity contribution < 1.29 is 18.0 Å². The van der Waals surface area contributed by atoms with E-state index in [0.717, 1.165) is 34.5 Å². The zero-order valence-electron chi connectivity index (χ0n) is 19.8. The standard InChI is InChI=1S/C24H31Cl2N3O4S/c1-5-6-14-27-24(31)18(3)28(15-19-11-8-7-10-17(19)2)22(30)16-29(34(4,32)33)21-13-9-12-20(25)23(21)26/h7-13,18H,5-6,14-16H2,1-4H3,(H,27,31)/t18-/m1/s1. The van der Waals surface area contributed by atoms with Gasteiger partial charge in [-0.25, -0.2) is 8.42 Å². The van der Waals surface area contributed by atoms with Gasteiger partial charge in [0.2, 0.25) is 21.8 Å². The summed E-state index contributed by atoms with van der Waals surface area (Å²) in [6.07, 6.45) is 2.73. The highest BCUT2D eigenvalue weighted by atomic mass is 35.5. The van der Waals surface area contributed by atoms with Crippen LogP contribution in [0.25, 0.3) is 0 Å². The fraction of sp³-hybridized carbons (Fsp3) is 0.417. The monoisotopic (exact) mass is 527 g/mol. The molecule has 0 aromatic heterocycles. The van der Waals surface area contributed by atoms with Crippen molar-refractivity contribution in [3.05, 3.63) is 63.6 Å². The van der Waals surface area contributed by atoms with Crippen molar-refractivity contribution in [3.8, 4) is 0 Å². The average molecular weight is 529 g/mol. The van der Waals surface area contributed by atoms with Crippen LogP contribution in [0.3, 0.4) is 0 Å². The van der Waals surface area contributed by atoms with E-state index in [1.807, 2.05) is 38.1 Å². The lowest BCUT2D eigenvalue weighted by molar-refractivity contribution is -0.139. The maximum atomic E-state index is 13.5. The Hall–Kier alpha value is -2.29. The quantitative estimate of drug-likeness (QED) is 0.438. The SMILES string of the molecule is CCCCNC(=O)[C@@H](C)N(Cc1ccccc1C)C(=O)CN(c1cccc(Cl)c1Cl)S(C)(=O)=O. The van der Waals surface area contributed by atoms with Crippen LogP contribution in [-0.2, 0) is 26.2 Å². The van der Waals surface area contributed by atoms with Gasteiger partial charge in [-0.05, 0) is 43.5 Å². The van der Waals surface area contributed by atoms with Crippen molar-refractivity contribution in [1.82, 2.24) is 10.2 Å². The highest BCUT2D eigenvalue weighted by Gasteiger charge is 2.31. The normalized spacial score (nSPS) is 12.2. The van der Waals surface area contributed by atoms with E-state index in [0.29, 0.717) is 6.54 Å². The lowest BCUT2D eigenvalue weighted by Gasteiger charge is -2.32. The molecule has 0 unspecified atom stereocenters. The number of carbonyl (C=O) groups excluding carboxylic acids is 2. The van der Waals surface area contributed by atoms with Crippen LogP contribution >= 0.6 is 23.2 Å². The van der Waals surface area contributed by atoms with E-state index in [1.165, 1.54) is 17.0 Å². The number of nitrogens with one attached hydrogen (secondary N) is 1. The molecule has 0 radical (unpaired) electrons. The molecule has 186 valence electrons. The number of sulfonamides is 1. The van der Waals surface area contributed by atoms with E-state index in [2.05, 4.69) is 5.32 Å². The van der Waals surface area contributed by atoms with Gasteiger partial charge in [0.15, 0.2) is 0 Å². The molecule has 0 fully saturated rings. The molecule has 0 saturated heterocycles. The number of aryl methyl sites for hydroxylation is 1. The maximum Gasteiger partial charge on any atom is 0.244 e. The molecule has 2 aromatic carbocycles. The molecule has 7 nitrogen and oxygen atoms in total. The van der Waals surface area contributed by atoms with Crippen LogP contribution in [0, 0.1) is 6.92 Å². The number of rotatable bonds is 11. The van der Waals surface area contributed by atoms with Crippen molar-refractivity contribution in [2.45, 2.75) is 46.2 Å². The first-order valence-electron chi connectivity index (χ1n) is 11.0. The first-order valence-corrected chi connectivity index (χ1v) is 13.6. The number of anilines is 1. The number of amides is 2. The van der Waals surface area contributed by atoms with Gasteiger partial charge >= 0.3 is 0 Å². The van der Waals surface area contributed by atoms with Crippen molar-refractivity contribution in [2.24, 2.45) is 0 Å². The van der Waals surface area contributed by atoms with Crippen molar-refractivity contribution in [2.75, 3.05) is 23.7 Å². The summed E-state index contributed by atoms with van der Waals surface area (Å²) in [5.41, 5.74) is 1.91. The second kappa shape index (κ2) is 12.4. The van der Waals surface area contributed by atoms with Gasteiger partial charge in [-0.3, -0.25) is 13.9 Å². The Morgan fingerprint density at radius 1 is 1.09 bits per heavy atom. The summed E-state index contributed by atoms with van der Waals surface area (Å²) >= 11 is 12.3. The van der Waals surface area contributed by atoms with Gasteiger partial charge in [0, 0.05) is 13.1 Å². The van der Waals surface area contributed by atoms with E-state index in [4.69, 9.17) is 23.2 Å². The van der Waals surface area contributed by atoms with E-state index in [-0.39, 0.29) is 28.2 Å². The van der Waals surface area contributed by atoms with E-state index < -0.39 is 28.5 Å². The summed E-state index contributed by atoms with van der Waals surface area (Å²) in [6, 6.07) is 11.3. The summed E-state index contributed by atoms with van der Waals surface area (Å²) in [7, 11) is -3.89. The molecule has 0 heterocycles. The number of benzene rings is 2. The minimum atomic E-state index is -3.89. The van der Waals surface area contributed by atoms with E-state index in [9.17, 15) is 18.0 Å². The fourth-order valence-corrected chi connectivity index (χ4v) is 4.67. The Morgan fingerprint density at radius 2 is 1.76 bits per heavy atom. The lowest BCUT2D eigenvalue weighted by atomic mass is 10.1. The van der Waals surface area contributed by atoms with Gasteiger partial charge in [-0.1, -0.05) is 66.9 Å². The van der Waals surface area contributed by atoms with Gasteiger partial charge in [-0.2, -0.15) is 0 Å². The lowest BCUT2D eigenvalue weighted by Crippen LogP contribution is -2.51. The predicted molar refractivity (Wildman–Crippen MR) is 138 cm³/mol. The third kappa shape index (κ3) is 7.35. The maximum absolute atomic E-state index is 13.5. The first kappa shape index (κ1) is 28.0. The number of carbonyl (C=O) groups is 2. The minimum absolute atomic E-state index is 0.0261. The van der Waals surface area contributed by atoms with Crippen LogP contribution in [0.1, 0.15) is 37.8 Å². The number of nitrogens with zero attached hydrogens (tertiary/aromatic N) is 2. The summed E-state index contributed by atoms with van der Waals surface area (Å²) in [6.45, 7) is 5.68. The Morgan fingerprint density at radius 3 is 2.38 bits per heavy atom. The highest BCUT2D eigenvalue weighted by Crippen LogP contribution is 2.33. The molecule has 0 spiro atoms. The Balaban J connectivity index is 2.41. The highest BCUT2D eigenvalue weighted by molar-refractivity contribution is 7.92. The number of halogens is 2. The second-order valence-electron chi connectivity index (χ2n) is 8.11. The molecule has 0 aliphatic rings. The molecule has 2 amide bonds. The van der Waals surface area contributed by atoms with Crippen molar-refractivity contribution in [1.29, 1.82) is 0 Å². The van der Waals surface area contributed by atoms with Crippen LogP contribution in [0.4, 0.5) is 5.69 Å². The van der Waals surface area contributed by atoms with Crippen LogP contribution < -0.4 is 9.62 Å². The Labute approximate surface area is 212 Å². The average Bonchev–Trinajstić information content (AvgIpc) is 2.77. The summed E-state index contributed by atoms with van der Waals surface area (Å²) in [4.78, 5) is 27.7. The van der Waals surface area contributed by atoms with Gasteiger partial charge < -0.3 is 10.2 Å². The molecule has 0 saturated carbocycles. The second-order valence-corrected chi connectivity index (χ2v) is 10.8. The number of unbranched alkanes of at least 4 members (excludes halogenated alkanes) is 1. The predicted octanol–water partition coefficient (Wildman–Crippen LogP) is 4.40. The fourth-order valence-electron chi connectivity index (χ4n) is 3.37. The van der Waals surface area contributed by atoms with Crippen LogP contribution in [0.2, 0.25) is 10.0 Å². The molecule has 0 aliphatic heterocycles. The molecule has 0 aliphatic carbocycles. The molecule has 10 heteroatoms. The summed E-state index contributed by atoms with van der Waals surface area (Å²) < 4.78 is 26.1. The van der Waals surface area contributed by atoms with Crippen LogP contribution in [0.15, 0.2) is 42.5 Å². The van der Waals surface area contributed by atoms with Gasteiger partial charge in [0.25, 0.3) is 0 Å². The Kier molecular flexibility index (Phi) is 10.2. The molecule has 2 rings (SSSR count). The molecular formula is C24H31Cl2N3O4S. The first-order chi connectivity index (χ1) is 16.0. The van der Waals surface area contributed by atoms with E-state index in [1.54, 1.807) is 13.0 Å². The summed E-state index contributed by atoms with van der Waals surface area (Å²) in [5.74, 6) is -0.843. The van der Waals surface area contributed by atoms with Gasteiger partial charge in [-0.15, -0.1) is 0 Å². The number of hydrogen-bond acceptors (Lipinski definition) is 4. The smallest absolute Gasteiger partial charge is 0.244 e. The van der Waals surface area contributed by atoms with Gasteiger partial charge in [0.1, 0.15) is 12.6 Å². The van der Waals surface area contributed by atoms with Crippen molar-refractivity contribution >= 4 is 50.7 Å². The molecule has 34 heavy (non-hydrogen) atoms. The molecule has 1 atom stereocenters. The molecule has 2 aromatic rings. The van der Waals surface area contributed by atoms with Crippen LogP contribution in [0.5, 0.6) is 0 Å². The third-order valence-corrected chi connectivity index (χ3v) is 7.41. The molecule has 0 bridgehead atoms. The minimum Gasteiger partial charge on any atom is -0.354 e. The zero-order chi connectivity index (χ0) is 25.5. The number of hydrogen-bond donors (Lipinski definition) is 1. The van der Waals surface area contributed by atoms with E-state index >= 15 is 0 Å². The van der Waals surface area contributed by atoms with Gasteiger partial charge in [0.05, 0.1) is 22.0 Å². The van der Waals surface area contributed by atoms with Crippen LogP contribution in [-0.4, -0.2) is 50.5 Å². The largest absolute Gasteiger partial charge is 0.354 e. The topological polar surface area (TPSA) is 86.8 Å².